The number of halogens is 1. The Labute approximate surface area is 200 Å². The molecule has 0 bridgehead atoms. The fourth-order valence-corrected chi connectivity index (χ4v) is 4.65. The van der Waals surface area contributed by atoms with Crippen LogP contribution >= 0.6 is 11.6 Å². The van der Waals surface area contributed by atoms with Crippen LogP contribution in [0.4, 0.5) is 10.5 Å². The number of likely N-dealkylation sites (N-methyl/N-ethyl adjacent to an activating group) is 1. The van der Waals surface area contributed by atoms with Gasteiger partial charge in [-0.1, -0.05) is 41.9 Å². The molecule has 34 heavy (non-hydrogen) atoms. The van der Waals surface area contributed by atoms with E-state index < -0.39 is 36.6 Å². The van der Waals surface area contributed by atoms with Crippen molar-refractivity contribution in [3.05, 3.63) is 65.3 Å². The number of hydrogen-bond acceptors (Lipinski definition) is 7. The number of carbonyl (C=O) groups excluding carboxylic acids is 3. The summed E-state index contributed by atoms with van der Waals surface area (Å²) in [6.07, 6.45) is 1.06. The van der Waals surface area contributed by atoms with Crippen LogP contribution in [0.15, 0.2) is 59.7 Å². The lowest BCUT2D eigenvalue weighted by molar-refractivity contribution is -0.139. The summed E-state index contributed by atoms with van der Waals surface area (Å²) in [6.45, 7) is -0.499. The second kappa shape index (κ2) is 8.07. The van der Waals surface area contributed by atoms with E-state index in [1.807, 2.05) is 47.5 Å². The smallest absolute Gasteiger partial charge is 0.328 e. The third kappa shape index (κ3) is 3.26. The SMILES string of the molecule is COc1ccc(N2C(c3ccccc3)=CN3C2=NC2C3C(=O)N(CC(N)=O)C(=O)N2C)cc1Cl. The van der Waals surface area contributed by atoms with Crippen LogP contribution in [0, 0.1) is 0 Å². The number of nitrogens with two attached hydrogens (primary N) is 1. The first kappa shape index (κ1) is 21.8. The topological polar surface area (TPSA) is 112 Å². The maximum Gasteiger partial charge on any atom is 0.328 e. The Kier molecular flexibility index (Phi) is 5.17. The highest BCUT2D eigenvalue weighted by Crippen LogP contribution is 2.41. The number of hydrogen-bond donors (Lipinski definition) is 1. The molecule has 0 spiro atoms. The average Bonchev–Trinajstić information content (AvgIpc) is 3.37. The molecule has 10 nitrogen and oxygen atoms in total. The molecular formula is C23H21ClN6O4. The van der Waals surface area contributed by atoms with Crippen LogP contribution in [0.5, 0.6) is 5.75 Å². The molecular weight excluding hydrogens is 460 g/mol. The largest absolute Gasteiger partial charge is 0.495 e. The summed E-state index contributed by atoms with van der Waals surface area (Å²) in [5, 5.41) is 0.415. The van der Waals surface area contributed by atoms with Gasteiger partial charge in [0.1, 0.15) is 12.3 Å². The maximum atomic E-state index is 13.3. The van der Waals surface area contributed by atoms with Gasteiger partial charge < -0.3 is 15.4 Å². The zero-order chi connectivity index (χ0) is 24.1. The van der Waals surface area contributed by atoms with Crippen LogP contribution in [0.3, 0.4) is 0 Å². The van der Waals surface area contributed by atoms with E-state index in [1.54, 1.807) is 24.1 Å². The molecule has 0 aliphatic carbocycles. The number of fused-ring (bicyclic) bond motifs is 3. The normalized spacial score (nSPS) is 21.4. The van der Waals surface area contributed by atoms with Crippen LogP contribution < -0.4 is 15.4 Å². The summed E-state index contributed by atoms with van der Waals surface area (Å²) in [5.74, 6) is -0.326. The number of nitrogens with zero attached hydrogens (tertiary/aromatic N) is 5. The number of primary amides is 1. The van der Waals surface area contributed by atoms with Crippen molar-refractivity contribution in [2.45, 2.75) is 12.2 Å². The van der Waals surface area contributed by atoms with Gasteiger partial charge in [-0.15, -0.1) is 0 Å². The van der Waals surface area contributed by atoms with Crippen molar-refractivity contribution < 1.29 is 19.1 Å². The van der Waals surface area contributed by atoms with E-state index in [2.05, 4.69) is 0 Å². The van der Waals surface area contributed by atoms with E-state index in [1.165, 1.54) is 12.0 Å². The number of aliphatic imine (C=N–C) groups is 1. The van der Waals surface area contributed by atoms with Crippen molar-refractivity contribution >= 4 is 46.8 Å². The van der Waals surface area contributed by atoms with Crippen molar-refractivity contribution in [2.24, 2.45) is 10.7 Å². The molecule has 4 amide bonds. The van der Waals surface area contributed by atoms with E-state index in [0.29, 0.717) is 22.4 Å². The van der Waals surface area contributed by atoms with Crippen LogP contribution in [-0.2, 0) is 9.59 Å². The lowest BCUT2D eigenvalue weighted by Crippen LogP contribution is -2.65. The first-order valence-corrected chi connectivity index (χ1v) is 10.8. The molecule has 2 unspecified atom stereocenters. The molecule has 3 heterocycles. The zero-order valence-corrected chi connectivity index (χ0v) is 19.1. The Morgan fingerprint density at radius 1 is 1.18 bits per heavy atom. The Balaban J connectivity index is 1.62. The monoisotopic (exact) mass is 480 g/mol. The predicted molar refractivity (Wildman–Crippen MR) is 126 cm³/mol. The second-order valence-electron chi connectivity index (χ2n) is 8.01. The highest BCUT2D eigenvalue weighted by atomic mass is 35.5. The molecule has 3 aliphatic rings. The molecule has 2 N–H and O–H groups in total. The summed E-state index contributed by atoms with van der Waals surface area (Å²) >= 11 is 6.42. The minimum absolute atomic E-state index is 0.415. The molecule has 2 aromatic carbocycles. The average molecular weight is 481 g/mol. The number of carbonyl (C=O) groups is 3. The number of methoxy groups -OCH3 is 1. The van der Waals surface area contributed by atoms with Crippen molar-refractivity contribution in [1.29, 1.82) is 0 Å². The third-order valence-electron chi connectivity index (χ3n) is 5.99. The fraction of sp³-hybridized carbons (Fsp3) is 0.217. The van der Waals surface area contributed by atoms with Crippen molar-refractivity contribution in [3.63, 3.8) is 0 Å². The summed E-state index contributed by atoms with van der Waals surface area (Å²) < 4.78 is 5.28. The van der Waals surface area contributed by atoms with Gasteiger partial charge in [-0.3, -0.25) is 24.3 Å². The number of benzene rings is 2. The number of anilines is 1. The number of amides is 4. The van der Waals surface area contributed by atoms with E-state index in [4.69, 9.17) is 27.1 Å². The first-order valence-electron chi connectivity index (χ1n) is 10.5. The Morgan fingerprint density at radius 3 is 2.56 bits per heavy atom. The van der Waals surface area contributed by atoms with E-state index in [-0.39, 0.29) is 0 Å². The van der Waals surface area contributed by atoms with Gasteiger partial charge in [0.25, 0.3) is 5.91 Å². The Bertz CT molecular complexity index is 1260. The first-order chi connectivity index (χ1) is 16.3. The van der Waals surface area contributed by atoms with Crippen molar-refractivity contribution in [2.75, 3.05) is 25.6 Å². The number of rotatable bonds is 5. The molecule has 174 valence electrons. The summed E-state index contributed by atoms with van der Waals surface area (Å²) in [5.41, 5.74) is 7.65. The van der Waals surface area contributed by atoms with Crippen LogP contribution in [0.25, 0.3) is 5.70 Å². The van der Waals surface area contributed by atoms with Gasteiger partial charge in [0.05, 0.1) is 23.5 Å². The maximum absolute atomic E-state index is 13.3. The zero-order valence-electron chi connectivity index (χ0n) is 18.4. The van der Waals surface area contributed by atoms with Gasteiger partial charge in [0.15, 0.2) is 12.2 Å². The second-order valence-corrected chi connectivity index (χ2v) is 8.42. The number of urea groups is 1. The standard InChI is InChI=1S/C23H21ClN6O4/c1-27-20-19(21(32)29(23(27)33)12-18(25)31)28-11-16(13-6-4-3-5-7-13)30(22(28)26-20)14-8-9-17(34-2)15(24)10-14/h3-11,19-20H,12H2,1-2H3,(H2,25,31). The molecule has 3 aliphatic heterocycles. The molecule has 0 saturated carbocycles. The molecule has 1 fully saturated rings. The molecule has 5 rings (SSSR count). The lowest BCUT2D eigenvalue weighted by atomic mass is 10.1. The van der Waals surface area contributed by atoms with Gasteiger partial charge >= 0.3 is 6.03 Å². The molecule has 11 heteroatoms. The Morgan fingerprint density at radius 2 is 1.91 bits per heavy atom. The van der Waals surface area contributed by atoms with Gasteiger partial charge in [0, 0.05) is 18.8 Å². The molecule has 0 radical (unpaired) electrons. The number of guanidine groups is 1. The molecule has 1 saturated heterocycles. The fourth-order valence-electron chi connectivity index (χ4n) is 4.40. The highest BCUT2D eigenvalue weighted by Gasteiger charge is 2.55. The van der Waals surface area contributed by atoms with Gasteiger partial charge in [-0.05, 0) is 18.2 Å². The number of imide groups is 1. The van der Waals surface area contributed by atoms with Crippen LogP contribution in [-0.4, -0.2) is 71.4 Å². The summed E-state index contributed by atoms with van der Waals surface area (Å²) in [4.78, 5) is 48.2. The van der Waals surface area contributed by atoms with Gasteiger partial charge in [-0.25, -0.2) is 9.79 Å². The molecule has 2 aromatic rings. The quantitative estimate of drug-likeness (QED) is 0.699. The summed E-state index contributed by atoms with van der Waals surface area (Å²) in [6, 6.07) is 13.5. The van der Waals surface area contributed by atoms with Crippen molar-refractivity contribution in [1.82, 2.24) is 14.7 Å². The predicted octanol–water partition coefficient (Wildman–Crippen LogP) is 1.91. The lowest BCUT2D eigenvalue weighted by Gasteiger charge is -2.39. The summed E-state index contributed by atoms with van der Waals surface area (Å²) in [7, 11) is 3.08. The van der Waals surface area contributed by atoms with Crippen LogP contribution in [0.1, 0.15) is 5.56 Å². The van der Waals surface area contributed by atoms with Gasteiger partial charge in [0.2, 0.25) is 11.9 Å². The van der Waals surface area contributed by atoms with Gasteiger partial charge in [-0.2, -0.15) is 0 Å². The number of ether oxygens (including phenoxy) is 1. The Hall–Kier alpha value is -4.05. The molecule has 2 atom stereocenters. The van der Waals surface area contributed by atoms with Crippen LogP contribution in [0.2, 0.25) is 5.02 Å². The minimum atomic E-state index is -0.838. The highest BCUT2D eigenvalue weighted by molar-refractivity contribution is 6.32. The molecule has 0 aromatic heterocycles. The van der Waals surface area contributed by atoms with E-state index in [9.17, 15) is 14.4 Å². The van der Waals surface area contributed by atoms with E-state index in [0.717, 1.165) is 16.2 Å². The van der Waals surface area contributed by atoms with Crippen molar-refractivity contribution in [3.8, 4) is 5.75 Å². The third-order valence-corrected chi connectivity index (χ3v) is 6.28. The van der Waals surface area contributed by atoms with E-state index >= 15 is 0 Å². The minimum Gasteiger partial charge on any atom is -0.495 e.